The molecule has 0 aliphatic rings. The van der Waals surface area contributed by atoms with E-state index in [1.165, 1.54) is 5.56 Å². The highest BCUT2D eigenvalue weighted by molar-refractivity contribution is 5.94. The average Bonchev–Trinajstić information content (AvgIpc) is 2.76. The smallest absolute Gasteiger partial charge is 0.243 e. The number of anilines is 2. The van der Waals surface area contributed by atoms with Gasteiger partial charge in [-0.15, -0.1) is 0 Å². The highest BCUT2D eigenvalue weighted by Crippen LogP contribution is 2.29. The lowest BCUT2D eigenvalue weighted by molar-refractivity contribution is -0.114. The predicted molar refractivity (Wildman–Crippen MR) is 122 cm³/mol. The van der Waals surface area contributed by atoms with Gasteiger partial charge in [-0.1, -0.05) is 48.5 Å². The van der Waals surface area contributed by atoms with E-state index in [2.05, 4.69) is 22.8 Å². The summed E-state index contributed by atoms with van der Waals surface area (Å²) in [5.41, 5.74) is 3.83. The summed E-state index contributed by atoms with van der Waals surface area (Å²) in [5, 5.41) is 6.19. The Kier molecular flexibility index (Phi) is 7.72. The normalized spacial score (nSPS) is 10.3. The Morgan fingerprint density at radius 1 is 0.833 bits per heavy atom. The average molecular weight is 405 g/mol. The summed E-state index contributed by atoms with van der Waals surface area (Å²) in [7, 11) is 0. The van der Waals surface area contributed by atoms with Gasteiger partial charge in [-0.25, -0.2) is 0 Å². The molecule has 5 nitrogen and oxygen atoms in total. The highest BCUT2D eigenvalue weighted by Gasteiger charge is 2.10. The Hall–Kier alpha value is -3.47. The Bertz CT molecular complexity index is 958. The van der Waals surface area contributed by atoms with Crippen molar-refractivity contribution in [3.63, 3.8) is 0 Å². The van der Waals surface area contributed by atoms with Crippen LogP contribution in [0.3, 0.4) is 0 Å². The summed E-state index contributed by atoms with van der Waals surface area (Å²) in [5.74, 6) is 1.30. The van der Waals surface area contributed by atoms with E-state index in [0.29, 0.717) is 19.0 Å². The van der Waals surface area contributed by atoms with Crippen LogP contribution >= 0.6 is 0 Å². The van der Waals surface area contributed by atoms with Crippen molar-refractivity contribution in [3.8, 4) is 11.5 Å². The van der Waals surface area contributed by atoms with E-state index in [-0.39, 0.29) is 12.5 Å². The number of nitrogens with one attached hydrogen (secondary N) is 2. The van der Waals surface area contributed by atoms with Crippen LogP contribution in [0.4, 0.5) is 11.4 Å². The van der Waals surface area contributed by atoms with Crippen LogP contribution in [0.2, 0.25) is 0 Å². The SMILES string of the molecule is CCOc1ccc(OCC)c(NCC(=O)Nc2ccccc2Cc2ccccc2)c1. The molecular formula is C25H28N2O3. The van der Waals surface area contributed by atoms with Gasteiger partial charge in [0.05, 0.1) is 25.4 Å². The topological polar surface area (TPSA) is 59.6 Å². The molecule has 0 fully saturated rings. The van der Waals surface area contributed by atoms with Crippen LogP contribution in [0.15, 0.2) is 72.8 Å². The van der Waals surface area contributed by atoms with Crippen LogP contribution in [0.1, 0.15) is 25.0 Å². The molecular weight excluding hydrogens is 376 g/mol. The van der Waals surface area contributed by atoms with Crippen molar-refractivity contribution in [2.45, 2.75) is 20.3 Å². The molecule has 0 saturated heterocycles. The molecule has 0 aliphatic carbocycles. The Morgan fingerprint density at radius 2 is 1.57 bits per heavy atom. The van der Waals surface area contributed by atoms with E-state index in [0.717, 1.165) is 29.1 Å². The summed E-state index contributed by atoms with van der Waals surface area (Å²) in [6.45, 7) is 5.10. The number of para-hydroxylation sites is 1. The molecule has 0 saturated carbocycles. The van der Waals surface area contributed by atoms with E-state index in [1.807, 2.05) is 74.5 Å². The standard InChI is InChI=1S/C25H28N2O3/c1-3-29-21-14-15-24(30-4-2)23(17-21)26-18-25(28)27-22-13-9-8-12-20(22)16-19-10-6-5-7-11-19/h5-15,17,26H,3-4,16,18H2,1-2H3,(H,27,28). The number of hydrogen-bond acceptors (Lipinski definition) is 4. The Labute approximate surface area is 178 Å². The summed E-state index contributed by atoms with van der Waals surface area (Å²) in [6, 6.07) is 23.7. The first-order valence-electron chi connectivity index (χ1n) is 10.2. The number of amides is 1. The predicted octanol–water partition coefficient (Wildman–Crippen LogP) is 5.13. The molecule has 0 aromatic heterocycles. The monoisotopic (exact) mass is 404 g/mol. The van der Waals surface area contributed by atoms with Crippen LogP contribution in [-0.2, 0) is 11.2 Å². The number of hydrogen-bond donors (Lipinski definition) is 2. The van der Waals surface area contributed by atoms with Gasteiger partial charge in [0.2, 0.25) is 5.91 Å². The van der Waals surface area contributed by atoms with E-state index < -0.39 is 0 Å². The van der Waals surface area contributed by atoms with Gasteiger partial charge in [0.1, 0.15) is 11.5 Å². The molecule has 0 atom stereocenters. The maximum atomic E-state index is 12.6. The molecule has 3 rings (SSSR count). The van der Waals surface area contributed by atoms with Crippen molar-refractivity contribution >= 4 is 17.3 Å². The van der Waals surface area contributed by atoms with Gasteiger partial charge < -0.3 is 20.1 Å². The van der Waals surface area contributed by atoms with Gasteiger partial charge in [0.15, 0.2) is 0 Å². The van der Waals surface area contributed by atoms with E-state index in [1.54, 1.807) is 0 Å². The molecule has 1 amide bonds. The minimum atomic E-state index is -0.125. The number of ether oxygens (including phenoxy) is 2. The lowest BCUT2D eigenvalue weighted by Crippen LogP contribution is -2.22. The number of rotatable bonds is 10. The van der Waals surface area contributed by atoms with Gasteiger partial charge in [-0.2, -0.15) is 0 Å². The van der Waals surface area contributed by atoms with Crippen molar-refractivity contribution in [2.75, 3.05) is 30.4 Å². The molecule has 0 heterocycles. The van der Waals surface area contributed by atoms with Gasteiger partial charge in [-0.05, 0) is 49.6 Å². The van der Waals surface area contributed by atoms with Crippen LogP contribution < -0.4 is 20.1 Å². The molecule has 0 radical (unpaired) electrons. The molecule has 0 bridgehead atoms. The molecule has 0 spiro atoms. The fourth-order valence-electron chi connectivity index (χ4n) is 3.17. The van der Waals surface area contributed by atoms with Gasteiger partial charge in [-0.3, -0.25) is 4.79 Å². The van der Waals surface area contributed by atoms with E-state index in [4.69, 9.17) is 9.47 Å². The number of carbonyl (C=O) groups is 1. The first-order chi connectivity index (χ1) is 14.7. The Balaban J connectivity index is 1.66. The minimum Gasteiger partial charge on any atom is -0.494 e. The third-order valence-corrected chi connectivity index (χ3v) is 4.53. The summed E-state index contributed by atoms with van der Waals surface area (Å²) < 4.78 is 11.2. The summed E-state index contributed by atoms with van der Waals surface area (Å²) >= 11 is 0. The fourth-order valence-corrected chi connectivity index (χ4v) is 3.17. The molecule has 2 N–H and O–H groups in total. The molecule has 0 aliphatic heterocycles. The fraction of sp³-hybridized carbons (Fsp3) is 0.240. The largest absolute Gasteiger partial charge is 0.494 e. The van der Waals surface area contributed by atoms with Crippen molar-refractivity contribution in [1.82, 2.24) is 0 Å². The third kappa shape index (κ3) is 6.01. The van der Waals surface area contributed by atoms with Crippen molar-refractivity contribution in [1.29, 1.82) is 0 Å². The van der Waals surface area contributed by atoms with E-state index >= 15 is 0 Å². The zero-order chi connectivity index (χ0) is 21.2. The van der Waals surface area contributed by atoms with Crippen LogP contribution in [0.25, 0.3) is 0 Å². The second-order valence-corrected chi connectivity index (χ2v) is 6.75. The van der Waals surface area contributed by atoms with Crippen molar-refractivity contribution in [2.24, 2.45) is 0 Å². The van der Waals surface area contributed by atoms with Crippen molar-refractivity contribution in [3.05, 3.63) is 83.9 Å². The first kappa shape index (κ1) is 21.2. The lowest BCUT2D eigenvalue weighted by Gasteiger charge is -2.15. The Morgan fingerprint density at radius 3 is 2.33 bits per heavy atom. The minimum absolute atomic E-state index is 0.120. The van der Waals surface area contributed by atoms with Crippen LogP contribution in [0, 0.1) is 0 Å². The summed E-state index contributed by atoms with van der Waals surface area (Å²) in [6.07, 6.45) is 0.760. The zero-order valence-electron chi connectivity index (χ0n) is 17.5. The maximum absolute atomic E-state index is 12.6. The zero-order valence-corrected chi connectivity index (χ0v) is 17.5. The molecule has 156 valence electrons. The maximum Gasteiger partial charge on any atom is 0.243 e. The molecule has 3 aromatic carbocycles. The van der Waals surface area contributed by atoms with Crippen LogP contribution in [0.5, 0.6) is 11.5 Å². The molecule has 0 unspecified atom stereocenters. The summed E-state index contributed by atoms with van der Waals surface area (Å²) in [4.78, 5) is 12.6. The number of carbonyl (C=O) groups excluding carboxylic acids is 1. The van der Waals surface area contributed by atoms with E-state index in [9.17, 15) is 4.79 Å². The third-order valence-electron chi connectivity index (χ3n) is 4.53. The van der Waals surface area contributed by atoms with Gasteiger partial charge in [0.25, 0.3) is 0 Å². The van der Waals surface area contributed by atoms with Gasteiger partial charge in [0, 0.05) is 11.8 Å². The molecule has 3 aromatic rings. The van der Waals surface area contributed by atoms with Crippen LogP contribution in [-0.4, -0.2) is 25.7 Å². The van der Waals surface area contributed by atoms with Gasteiger partial charge >= 0.3 is 0 Å². The molecule has 30 heavy (non-hydrogen) atoms. The second kappa shape index (κ2) is 10.9. The quantitative estimate of drug-likeness (QED) is 0.492. The first-order valence-corrected chi connectivity index (χ1v) is 10.2. The van der Waals surface area contributed by atoms with Crippen molar-refractivity contribution < 1.29 is 14.3 Å². The number of benzene rings is 3. The molecule has 5 heteroatoms. The lowest BCUT2D eigenvalue weighted by atomic mass is 10.0. The second-order valence-electron chi connectivity index (χ2n) is 6.75. The highest BCUT2D eigenvalue weighted by atomic mass is 16.5.